The van der Waals surface area contributed by atoms with Crippen molar-refractivity contribution in [3.05, 3.63) is 18.2 Å². The minimum Gasteiger partial charge on any atom is -0.369 e. The van der Waals surface area contributed by atoms with Crippen molar-refractivity contribution in [2.75, 3.05) is 0 Å². The zero-order chi connectivity index (χ0) is 13.3. The van der Waals surface area contributed by atoms with Crippen LogP contribution in [-0.2, 0) is 11.3 Å². The number of carbonyl (C=O) groups excluding carboxylic acids is 1. The summed E-state index contributed by atoms with van der Waals surface area (Å²) in [5, 5.41) is 3.46. The highest BCUT2D eigenvalue weighted by Crippen LogP contribution is 2.34. The van der Waals surface area contributed by atoms with Crippen LogP contribution in [0.1, 0.15) is 38.9 Å². The Labute approximate surface area is 108 Å². The van der Waals surface area contributed by atoms with E-state index in [1.54, 1.807) is 6.33 Å². The molecule has 1 aromatic heterocycles. The number of hydrogen-bond donors (Lipinski definition) is 2. The minimum atomic E-state index is -0.238. The van der Waals surface area contributed by atoms with Gasteiger partial charge in [-0.25, -0.2) is 4.98 Å². The van der Waals surface area contributed by atoms with E-state index in [9.17, 15) is 4.79 Å². The van der Waals surface area contributed by atoms with E-state index in [4.69, 9.17) is 5.73 Å². The molecule has 100 valence electrons. The van der Waals surface area contributed by atoms with Gasteiger partial charge in [-0.1, -0.05) is 6.92 Å². The highest BCUT2D eigenvalue weighted by atomic mass is 16.1. The number of rotatable bonds is 3. The molecule has 1 amide bonds. The van der Waals surface area contributed by atoms with Gasteiger partial charge in [-0.2, -0.15) is 0 Å². The van der Waals surface area contributed by atoms with Gasteiger partial charge in [-0.05, 0) is 26.2 Å². The van der Waals surface area contributed by atoms with Crippen molar-refractivity contribution >= 4 is 5.91 Å². The number of imidazole rings is 1. The summed E-state index contributed by atoms with van der Waals surface area (Å²) >= 11 is 0. The van der Waals surface area contributed by atoms with Crippen LogP contribution in [0.2, 0.25) is 0 Å². The number of piperidine rings is 1. The van der Waals surface area contributed by atoms with E-state index >= 15 is 0 Å². The standard InChI is InChI=1S/C13H22N4O/c1-4-17-6-10(15-7-17)12-11(13(14)18)8(2)5-9(3)16-12/h6-9,11-12,16H,4-5H2,1-3H3,(H2,14,18). The number of primary amides is 1. The molecule has 1 fully saturated rings. The fourth-order valence-corrected chi connectivity index (χ4v) is 2.94. The van der Waals surface area contributed by atoms with Gasteiger partial charge in [0.25, 0.3) is 0 Å². The predicted octanol–water partition coefficient (Wildman–Crippen LogP) is 1.06. The monoisotopic (exact) mass is 250 g/mol. The molecule has 0 spiro atoms. The lowest BCUT2D eigenvalue weighted by Crippen LogP contribution is -2.49. The maximum atomic E-state index is 11.7. The van der Waals surface area contributed by atoms with E-state index in [0.29, 0.717) is 6.04 Å². The molecule has 1 aliphatic heterocycles. The first-order valence-corrected chi connectivity index (χ1v) is 6.60. The molecule has 0 aliphatic carbocycles. The predicted molar refractivity (Wildman–Crippen MR) is 69.7 cm³/mol. The van der Waals surface area contributed by atoms with Gasteiger partial charge in [0.05, 0.1) is 24.0 Å². The Morgan fingerprint density at radius 3 is 2.89 bits per heavy atom. The molecule has 4 unspecified atom stereocenters. The SMILES string of the molecule is CCn1cnc(C2NC(C)CC(C)C2C(N)=O)c1. The van der Waals surface area contributed by atoms with Gasteiger partial charge in [0, 0.05) is 18.8 Å². The van der Waals surface area contributed by atoms with Gasteiger partial charge in [-0.3, -0.25) is 4.79 Å². The van der Waals surface area contributed by atoms with Crippen molar-refractivity contribution in [2.45, 2.75) is 45.8 Å². The Hall–Kier alpha value is -1.36. The van der Waals surface area contributed by atoms with E-state index in [-0.39, 0.29) is 23.8 Å². The van der Waals surface area contributed by atoms with Gasteiger partial charge in [0.15, 0.2) is 0 Å². The van der Waals surface area contributed by atoms with Gasteiger partial charge < -0.3 is 15.6 Å². The van der Waals surface area contributed by atoms with Gasteiger partial charge in [-0.15, -0.1) is 0 Å². The van der Waals surface area contributed by atoms with Crippen LogP contribution in [0.5, 0.6) is 0 Å². The largest absolute Gasteiger partial charge is 0.369 e. The summed E-state index contributed by atoms with van der Waals surface area (Å²) in [6.07, 6.45) is 4.77. The lowest BCUT2D eigenvalue weighted by atomic mass is 9.78. The van der Waals surface area contributed by atoms with Gasteiger partial charge in [0.1, 0.15) is 0 Å². The van der Waals surface area contributed by atoms with Crippen LogP contribution >= 0.6 is 0 Å². The van der Waals surface area contributed by atoms with Crippen molar-refractivity contribution in [2.24, 2.45) is 17.6 Å². The van der Waals surface area contributed by atoms with E-state index < -0.39 is 0 Å². The zero-order valence-electron chi connectivity index (χ0n) is 11.3. The average Bonchev–Trinajstić information content (AvgIpc) is 2.75. The van der Waals surface area contributed by atoms with Crippen molar-refractivity contribution < 1.29 is 4.79 Å². The first-order valence-electron chi connectivity index (χ1n) is 6.60. The van der Waals surface area contributed by atoms with Crippen LogP contribution in [0.25, 0.3) is 0 Å². The maximum absolute atomic E-state index is 11.7. The molecule has 2 rings (SSSR count). The number of aryl methyl sites for hydroxylation is 1. The number of nitrogens with two attached hydrogens (primary N) is 1. The summed E-state index contributed by atoms with van der Waals surface area (Å²) in [6, 6.07) is 0.321. The molecular weight excluding hydrogens is 228 g/mol. The Morgan fingerprint density at radius 1 is 1.61 bits per heavy atom. The fraction of sp³-hybridized carbons (Fsp3) is 0.692. The molecule has 0 aromatic carbocycles. The molecule has 1 saturated heterocycles. The number of amides is 1. The second kappa shape index (κ2) is 5.10. The second-order valence-corrected chi connectivity index (χ2v) is 5.32. The molecule has 0 radical (unpaired) electrons. The highest BCUT2D eigenvalue weighted by Gasteiger charge is 2.39. The summed E-state index contributed by atoms with van der Waals surface area (Å²) < 4.78 is 2.01. The number of nitrogens with zero attached hydrogens (tertiary/aromatic N) is 2. The quantitative estimate of drug-likeness (QED) is 0.842. The van der Waals surface area contributed by atoms with Crippen LogP contribution < -0.4 is 11.1 Å². The van der Waals surface area contributed by atoms with Crippen LogP contribution in [-0.4, -0.2) is 21.5 Å². The first kappa shape index (κ1) is 13.1. The normalized spacial score (nSPS) is 32.4. The van der Waals surface area contributed by atoms with Crippen LogP contribution in [0.15, 0.2) is 12.5 Å². The van der Waals surface area contributed by atoms with Crippen molar-refractivity contribution in [3.63, 3.8) is 0 Å². The molecule has 2 heterocycles. The third-order valence-electron chi connectivity index (χ3n) is 3.83. The molecule has 5 nitrogen and oxygen atoms in total. The summed E-state index contributed by atoms with van der Waals surface area (Å²) in [5.74, 6) is -0.130. The van der Waals surface area contributed by atoms with E-state index in [1.807, 2.05) is 10.8 Å². The number of nitrogens with one attached hydrogen (secondary N) is 1. The van der Waals surface area contributed by atoms with Crippen LogP contribution in [0, 0.1) is 11.8 Å². The third kappa shape index (κ3) is 2.41. The van der Waals surface area contributed by atoms with Crippen molar-refractivity contribution in [1.29, 1.82) is 0 Å². The van der Waals surface area contributed by atoms with Crippen molar-refractivity contribution in [3.8, 4) is 0 Å². The Bertz CT molecular complexity index is 428. The zero-order valence-corrected chi connectivity index (χ0v) is 11.3. The minimum absolute atomic E-state index is 0.0611. The molecule has 18 heavy (non-hydrogen) atoms. The lowest BCUT2D eigenvalue weighted by molar-refractivity contribution is -0.125. The summed E-state index contributed by atoms with van der Waals surface area (Å²) in [4.78, 5) is 16.1. The number of carbonyl (C=O) groups is 1. The number of aromatic nitrogens is 2. The topological polar surface area (TPSA) is 72.9 Å². The maximum Gasteiger partial charge on any atom is 0.222 e. The molecule has 0 bridgehead atoms. The fourth-order valence-electron chi connectivity index (χ4n) is 2.94. The average molecular weight is 250 g/mol. The number of hydrogen-bond acceptors (Lipinski definition) is 3. The third-order valence-corrected chi connectivity index (χ3v) is 3.83. The molecule has 1 aromatic rings. The molecular formula is C13H22N4O. The van der Waals surface area contributed by atoms with E-state index in [2.05, 4.69) is 31.1 Å². The molecule has 1 aliphatic rings. The lowest BCUT2D eigenvalue weighted by Gasteiger charge is -2.38. The molecule has 3 N–H and O–H groups in total. The van der Waals surface area contributed by atoms with Crippen LogP contribution in [0.3, 0.4) is 0 Å². The molecule has 0 saturated carbocycles. The van der Waals surface area contributed by atoms with Crippen molar-refractivity contribution in [1.82, 2.24) is 14.9 Å². The van der Waals surface area contributed by atoms with Gasteiger partial charge >= 0.3 is 0 Å². The Balaban J connectivity index is 2.28. The first-order chi connectivity index (χ1) is 8.52. The van der Waals surface area contributed by atoms with Gasteiger partial charge in [0.2, 0.25) is 5.91 Å². The summed E-state index contributed by atoms with van der Waals surface area (Å²) in [6.45, 7) is 7.18. The summed E-state index contributed by atoms with van der Waals surface area (Å²) in [5.41, 5.74) is 6.47. The molecule has 5 heteroatoms. The Morgan fingerprint density at radius 2 is 2.33 bits per heavy atom. The highest BCUT2D eigenvalue weighted by molar-refractivity contribution is 5.78. The smallest absolute Gasteiger partial charge is 0.222 e. The second-order valence-electron chi connectivity index (χ2n) is 5.32. The van der Waals surface area contributed by atoms with Crippen LogP contribution in [0.4, 0.5) is 0 Å². The summed E-state index contributed by atoms with van der Waals surface area (Å²) in [7, 11) is 0. The Kier molecular flexibility index (Phi) is 3.71. The molecule has 4 atom stereocenters. The van der Waals surface area contributed by atoms with E-state index in [1.165, 1.54) is 0 Å². The van der Waals surface area contributed by atoms with E-state index in [0.717, 1.165) is 18.7 Å².